The highest BCUT2D eigenvalue weighted by molar-refractivity contribution is 7.92. The molecule has 0 saturated carbocycles. The fourth-order valence-corrected chi connectivity index (χ4v) is 5.86. The molecule has 7 nitrogen and oxygen atoms in total. The van der Waals surface area contributed by atoms with Crippen LogP contribution in [0.4, 0.5) is 5.69 Å². The molecule has 0 bridgehead atoms. The molecule has 0 radical (unpaired) electrons. The molecule has 3 aromatic rings. The van der Waals surface area contributed by atoms with Gasteiger partial charge in [-0.2, -0.15) is 0 Å². The number of likely N-dealkylation sites (N-methyl/N-ethyl adjacent to an activating group) is 1. The number of carbonyl (C=O) groups is 2. The number of hydrogen-bond acceptors (Lipinski definition) is 4. The largest absolute Gasteiger partial charge is 0.357 e. The zero-order valence-corrected chi connectivity index (χ0v) is 23.5. The van der Waals surface area contributed by atoms with Crippen LogP contribution in [-0.4, -0.2) is 44.8 Å². The quantitative estimate of drug-likeness (QED) is 0.370. The minimum Gasteiger partial charge on any atom is -0.357 e. The Hall–Kier alpha value is -2.78. The molecular weight excluding hydrogens is 557 g/mol. The molecule has 0 aliphatic heterocycles. The number of para-hydroxylation sites is 1. The maximum Gasteiger partial charge on any atom is 0.264 e. The third-order valence-electron chi connectivity index (χ3n) is 5.87. The Bertz CT molecular complexity index is 1380. The number of aryl methyl sites for hydroxylation is 1. The number of halogens is 3. The molecule has 37 heavy (non-hydrogen) atoms. The first-order valence-electron chi connectivity index (χ1n) is 11.2. The van der Waals surface area contributed by atoms with Gasteiger partial charge < -0.3 is 10.2 Å². The fourth-order valence-electron chi connectivity index (χ4n) is 3.74. The van der Waals surface area contributed by atoms with Crippen LogP contribution in [0.2, 0.25) is 15.1 Å². The number of nitrogens with one attached hydrogen (secondary N) is 1. The Morgan fingerprint density at radius 2 is 1.51 bits per heavy atom. The van der Waals surface area contributed by atoms with Gasteiger partial charge in [-0.25, -0.2) is 8.42 Å². The Morgan fingerprint density at radius 3 is 2.08 bits per heavy atom. The molecule has 2 amide bonds. The predicted molar refractivity (Wildman–Crippen MR) is 148 cm³/mol. The van der Waals surface area contributed by atoms with Crippen molar-refractivity contribution >= 4 is 62.3 Å². The summed E-state index contributed by atoms with van der Waals surface area (Å²) in [6.07, 6.45) is 0. The molecule has 1 N–H and O–H groups in total. The van der Waals surface area contributed by atoms with Gasteiger partial charge in [-0.05, 0) is 61.9 Å². The molecule has 0 heterocycles. The fraction of sp³-hybridized carbons (Fsp3) is 0.231. The summed E-state index contributed by atoms with van der Waals surface area (Å²) >= 11 is 18.6. The number of rotatable bonds is 9. The summed E-state index contributed by atoms with van der Waals surface area (Å²) < 4.78 is 28.6. The molecule has 0 fully saturated rings. The summed E-state index contributed by atoms with van der Waals surface area (Å²) in [6, 6.07) is 16.5. The van der Waals surface area contributed by atoms with E-state index in [0.717, 1.165) is 4.31 Å². The molecule has 196 valence electrons. The third kappa shape index (κ3) is 6.57. The maximum absolute atomic E-state index is 13.8. The lowest BCUT2D eigenvalue weighted by atomic mass is 10.1. The van der Waals surface area contributed by atoms with Crippen LogP contribution in [0.1, 0.15) is 18.1 Å². The Kier molecular flexibility index (Phi) is 9.47. The lowest BCUT2D eigenvalue weighted by Crippen LogP contribution is -2.50. The SMILES string of the molecule is CNC(=O)[C@@H](C)N(Cc1c(Cl)cccc1Cl)C(=O)CN(c1ccccc1C)S(=O)(=O)c1ccc(Cl)cc1. The molecular formula is C26H26Cl3N3O4S. The summed E-state index contributed by atoms with van der Waals surface area (Å²) in [7, 11) is -2.74. The molecule has 3 aromatic carbocycles. The number of amides is 2. The van der Waals surface area contributed by atoms with Gasteiger partial charge in [0.15, 0.2) is 0 Å². The van der Waals surface area contributed by atoms with Gasteiger partial charge in [0.05, 0.1) is 10.6 Å². The number of carbonyl (C=O) groups excluding carboxylic acids is 2. The molecule has 0 aromatic heterocycles. The highest BCUT2D eigenvalue weighted by Crippen LogP contribution is 2.29. The molecule has 0 unspecified atom stereocenters. The van der Waals surface area contributed by atoms with Gasteiger partial charge in [0, 0.05) is 34.2 Å². The third-order valence-corrected chi connectivity index (χ3v) is 8.60. The summed E-state index contributed by atoms with van der Waals surface area (Å²) in [5, 5.41) is 3.54. The first-order chi connectivity index (χ1) is 17.5. The average Bonchev–Trinajstić information content (AvgIpc) is 2.87. The topological polar surface area (TPSA) is 86.8 Å². The van der Waals surface area contributed by atoms with Gasteiger partial charge in [-0.15, -0.1) is 0 Å². The lowest BCUT2D eigenvalue weighted by molar-refractivity contribution is -0.139. The second-order valence-electron chi connectivity index (χ2n) is 8.26. The van der Waals surface area contributed by atoms with E-state index in [0.29, 0.717) is 31.9 Å². The van der Waals surface area contributed by atoms with Crippen molar-refractivity contribution in [3.05, 3.63) is 92.9 Å². The van der Waals surface area contributed by atoms with E-state index in [1.54, 1.807) is 56.3 Å². The van der Waals surface area contributed by atoms with Crippen LogP contribution in [0.15, 0.2) is 71.6 Å². The van der Waals surface area contributed by atoms with Crippen molar-refractivity contribution in [2.24, 2.45) is 0 Å². The summed E-state index contributed by atoms with van der Waals surface area (Å²) in [5.41, 5.74) is 1.42. The highest BCUT2D eigenvalue weighted by Gasteiger charge is 2.33. The van der Waals surface area contributed by atoms with Crippen molar-refractivity contribution < 1.29 is 18.0 Å². The van der Waals surface area contributed by atoms with E-state index < -0.39 is 34.4 Å². The average molecular weight is 583 g/mol. The minimum atomic E-state index is -4.19. The van der Waals surface area contributed by atoms with Crippen LogP contribution in [0, 0.1) is 6.92 Å². The predicted octanol–water partition coefficient (Wildman–Crippen LogP) is 5.31. The zero-order chi connectivity index (χ0) is 27.3. The summed E-state index contributed by atoms with van der Waals surface area (Å²) in [5.74, 6) is -1.05. The highest BCUT2D eigenvalue weighted by atomic mass is 35.5. The molecule has 0 spiro atoms. The smallest absolute Gasteiger partial charge is 0.264 e. The van der Waals surface area contributed by atoms with Crippen LogP contribution in [0.3, 0.4) is 0 Å². The van der Waals surface area contributed by atoms with Gasteiger partial charge in [-0.1, -0.05) is 59.1 Å². The van der Waals surface area contributed by atoms with Crippen molar-refractivity contribution in [3.8, 4) is 0 Å². The standard InChI is InChI=1S/C26H26Cl3N3O4S/c1-17-7-4-5-10-24(17)32(37(35,36)20-13-11-19(27)12-14-20)16-25(33)31(18(2)26(34)30-3)15-21-22(28)8-6-9-23(21)29/h4-14,18H,15-16H2,1-3H3,(H,30,34)/t18-/m1/s1. The van der Waals surface area contributed by atoms with Crippen molar-refractivity contribution in [1.82, 2.24) is 10.2 Å². The molecule has 0 saturated heterocycles. The van der Waals surface area contributed by atoms with Gasteiger partial charge in [0.2, 0.25) is 11.8 Å². The second kappa shape index (κ2) is 12.2. The van der Waals surface area contributed by atoms with Crippen LogP contribution in [-0.2, 0) is 26.2 Å². The number of sulfonamides is 1. The van der Waals surface area contributed by atoms with Crippen molar-refractivity contribution in [1.29, 1.82) is 0 Å². The second-order valence-corrected chi connectivity index (χ2v) is 11.4. The van der Waals surface area contributed by atoms with Crippen LogP contribution < -0.4 is 9.62 Å². The van der Waals surface area contributed by atoms with Gasteiger partial charge in [0.1, 0.15) is 12.6 Å². The minimum absolute atomic E-state index is 0.0343. The van der Waals surface area contributed by atoms with E-state index in [1.807, 2.05) is 0 Å². The normalized spacial score (nSPS) is 12.1. The van der Waals surface area contributed by atoms with E-state index in [4.69, 9.17) is 34.8 Å². The molecule has 3 rings (SSSR count). The van der Waals surface area contributed by atoms with E-state index in [-0.39, 0.29) is 11.4 Å². The molecule has 0 aliphatic rings. The first-order valence-corrected chi connectivity index (χ1v) is 13.8. The monoisotopic (exact) mass is 581 g/mol. The number of benzene rings is 3. The summed E-state index contributed by atoms with van der Waals surface area (Å²) in [6.45, 7) is 2.62. The summed E-state index contributed by atoms with van der Waals surface area (Å²) in [4.78, 5) is 27.6. The Labute approximate surface area is 232 Å². The van der Waals surface area contributed by atoms with Crippen molar-refractivity contribution in [3.63, 3.8) is 0 Å². The van der Waals surface area contributed by atoms with Gasteiger partial charge in [-0.3, -0.25) is 13.9 Å². The molecule has 1 atom stereocenters. The van der Waals surface area contributed by atoms with Crippen LogP contribution >= 0.6 is 34.8 Å². The van der Waals surface area contributed by atoms with E-state index in [9.17, 15) is 18.0 Å². The van der Waals surface area contributed by atoms with Crippen molar-refractivity contribution in [2.75, 3.05) is 17.9 Å². The van der Waals surface area contributed by atoms with E-state index in [1.165, 1.54) is 36.2 Å². The zero-order valence-electron chi connectivity index (χ0n) is 20.4. The Balaban J connectivity index is 2.08. The number of hydrogen-bond donors (Lipinski definition) is 1. The molecule has 11 heteroatoms. The van der Waals surface area contributed by atoms with Crippen LogP contribution in [0.5, 0.6) is 0 Å². The first kappa shape index (κ1) is 28.8. The maximum atomic E-state index is 13.8. The van der Waals surface area contributed by atoms with Crippen molar-refractivity contribution in [2.45, 2.75) is 31.3 Å². The lowest BCUT2D eigenvalue weighted by Gasteiger charge is -2.32. The number of anilines is 1. The van der Waals surface area contributed by atoms with E-state index in [2.05, 4.69) is 5.32 Å². The Morgan fingerprint density at radius 1 is 0.919 bits per heavy atom. The van der Waals surface area contributed by atoms with Gasteiger partial charge >= 0.3 is 0 Å². The van der Waals surface area contributed by atoms with Gasteiger partial charge in [0.25, 0.3) is 10.0 Å². The van der Waals surface area contributed by atoms with E-state index >= 15 is 0 Å². The van der Waals surface area contributed by atoms with Crippen LogP contribution in [0.25, 0.3) is 0 Å². The number of nitrogens with zero attached hydrogens (tertiary/aromatic N) is 2. The molecule has 0 aliphatic carbocycles.